The molecule has 0 aliphatic carbocycles. The minimum Gasteiger partial charge on any atom is -0.454 e. The van der Waals surface area contributed by atoms with Gasteiger partial charge in [-0.2, -0.15) is 0 Å². The summed E-state index contributed by atoms with van der Waals surface area (Å²) in [6, 6.07) is 15.2. The summed E-state index contributed by atoms with van der Waals surface area (Å²) in [7, 11) is 0. The highest BCUT2D eigenvalue weighted by Gasteiger charge is 2.18. The number of para-hydroxylation sites is 1. The summed E-state index contributed by atoms with van der Waals surface area (Å²) in [4.78, 5) is 17.2. The van der Waals surface area contributed by atoms with E-state index in [0.29, 0.717) is 17.0 Å². The van der Waals surface area contributed by atoms with E-state index in [1.54, 1.807) is 0 Å². The first kappa shape index (κ1) is 15.4. The summed E-state index contributed by atoms with van der Waals surface area (Å²) in [5.41, 5.74) is 3.16. The fourth-order valence-corrected chi connectivity index (χ4v) is 2.98. The van der Waals surface area contributed by atoms with Crippen molar-refractivity contribution in [3.8, 4) is 11.5 Å². The summed E-state index contributed by atoms with van der Waals surface area (Å²) >= 11 is 0. The van der Waals surface area contributed by atoms with Gasteiger partial charge >= 0.3 is 0 Å². The first-order chi connectivity index (χ1) is 12.1. The highest BCUT2D eigenvalue weighted by Crippen LogP contribution is 2.34. The lowest BCUT2D eigenvalue weighted by Gasteiger charge is -2.16. The number of pyridine rings is 1. The second-order valence-corrected chi connectivity index (χ2v) is 6.12. The number of nitrogens with zero attached hydrogens (tertiary/aromatic N) is 1. The Hall–Kier alpha value is -3.08. The normalized spacial score (nSPS) is 13.7. The molecule has 5 nitrogen and oxygen atoms in total. The topological polar surface area (TPSA) is 60.5 Å². The Labute approximate surface area is 145 Å². The van der Waals surface area contributed by atoms with Crippen molar-refractivity contribution < 1.29 is 14.3 Å². The Kier molecular flexibility index (Phi) is 3.76. The predicted molar refractivity (Wildman–Crippen MR) is 94.9 cm³/mol. The first-order valence-electron chi connectivity index (χ1n) is 8.18. The van der Waals surface area contributed by atoms with Gasteiger partial charge in [-0.1, -0.05) is 24.3 Å². The number of hydrogen-bond acceptors (Lipinski definition) is 4. The number of hydrogen-bond donors (Lipinski definition) is 1. The van der Waals surface area contributed by atoms with Gasteiger partial charge in [0.15, 0.2) is 11.5 Å². The quantitative estimate of drug-likeness (QED) is 0.792. The van der Waals surface area contributed by atoms with Gasteiger partial charge < -0.3 is 14.8 Å². The molecule has 0 saturated heterocycles. The van der Waals surface area contributed by atoms with Gasteiger partial charge in [0, 0.05) is 5.39 Å². The van der Waals surface area contributed by atoms with Crippen LogP contribution in [0, 0.1) is 6.92 Å². The van der Waals surface area contributed by atoms with Crippen LogP contribution in [0.3, 0.4) is 0 Å². The lowest BCUT2D eigenvalue weighted by Crippen LogP contribution is -2.27. The van der Waals surface area contributed by atoms with E-state index >= 15 is 0 Å². The van der Waals surface area contributed by atoms with Crippen LogP contribution in [0.5, 0.6) is 11.5 Å². The Bertz CT molecular complexity index is 968. The fourth-order valence-electron chi connectivity index (χ4n) is 2.98. The molecule has 4 rings (SSSR count). The van der Waals surface area contributed by atoms with Crippen molar-refractivity contribution >= 4 is 16.8 Å². The van der Waals surface area contributed by atoms with Crippen LogP contribution in [0.15, 0.2) is 48.5 Å². The van der Waals surface area contributed by atoms with Crippen molar-refractivity contribution in [2.45, 2.75) is 19.9 Å². The number of fused-ring (bicyclic) bond motifs is 2. The van der Waals surface area contributed by atoms with Crippen molar-refractivity contribution in [2.24, 2.45) is 0 Å². The minimum atomic E-state index is -0.159. The summed E-state index contributed by atoms with van der Waals surface area (Å²) in [5, 5.41) is 3.99. The van der Waals surface area contributed by atoms with E-state index in [1.165, 1.54) is 0 Å². The lowest BCUT2D eigenvalue weighted by atomic mass is 10.1. The second-order valence-electron chi connectivity index (χ2n) is 6.12. The summed E-state index contributed by atoms with van der Waals surface area (Å²) in [5.74, 6) is 1.31. The molecule has 0 radical (unpaired) electrons. The number of rotatable bonds is 3. The summed E-state index contributed by atoms with van der Waals surface area (Å²) in [6.07, 6.45) is 0. The number of carbonyl (C=O) groups is 1. The van der Waals surface area contributed by atoms with Crippen LogP contribution in [-0.2, 0) is 0 Å². The number of amides is 1. The third kappa shape index (κ3) is 2.89. The second kappa shape index (κ2) is 6.09. The molecule has 0 saturated carbocycles. The molecule has 1 aromatic heterocycles. The third-order valence-corrected chi connectivity index (χ3v) is 4.40. The molecule has 3 aromatic rings. The Morgan fingerprint density at radius 2 is 1.92 bits per heavy atom. The van der Waals surface area contributed by atoms with E-state index < -0.39 is 0 Å². The maximum Gasteiger partial charge on any atom is 0.253 e. The van der Waals surface area contributed by atoms with E-state index in [2.05, 4.69) is 10.3 Å². The van der Waals surface area contributed by atoms with E-state index in [1.807, 2.05) is 62.4 Å². The zero-order valence-corrected chi connectivity index (χ0v) is 14.1. The number of ether oxygens (including phenoxy) is 2. The molecule has 1 N–H and O–H groups in total. The summed E-state index contributed by atoms with van der Waals surface area (Å²) < 4.78 is 10.7. The number of nitrogens with one attached hydrogen (secondary N) is 1. The van der Waals surface area contributed by atoms with Gasteiger partial charge in [-0.3, -0.25) is 9.78 Å². The zero-order valence-electron chi connectivity index (χ0n) is 14.1. The molecule has 126 valence electrons. The molecule has 2 aromatic carbocycles. The lowest BCUT2D eigenvalue weighted by molar-refractivity contribution is 0.0939. The first-order valence-corrected chi connectivity index (χ1v) is 8.18. The molecule has 25 heavy (non-hydrogen) atoms. The van der Waals surface area contributed by atoms with Crippen LogP contribution in [0.2, 0.25) is 0 Å². The Morgan fingerprint density at radius 1 is 1.12 bits per heavy atom. The molecule has 1 aliphatic heterocycles. The van der Waals surface area contributed by atoms with E-state index in [-0.39, 0.29) is 18.7 Å². The summed E-state index contributed by atoms with van der Waals surface area (Å²) in [6.45, 7) is 4.04. The molecule has 1 atom stereocenters. The van der Waals surface area contributed by atoms with Crippen molar-refractivity contribution in [1.29, 1.82) is 0 Å². The van der Waals surface area contributed by atoms with Gasteiger partial charge in [-0.25, -0.2) is 0 Å². The Morgan fingerprint density at radius 3 is 2.80 bits per heavy atom. The zero-order chi connectivity index (χ0) is 17.4. The van der Waals surface area contributed by atoms with Crippen LogP contribution in [0.25, 0.3) is 10.9 Å². The van der Waals surface area contributed by atoms with Gasteiger partial charge in [0.2, 0.25) is 6.79 Å². The van der Waals surface area contributed by atoms with Gasteiger partial charge in [-0.15, -0.1) is 0 Å². The maximum atomic E-state index is 12.7. The maximum absolute atomic E-state index is 12.7. The molecular weight excluding hydrogens is 316 g/mol. The number of carbonyl (C=O) groups excluding carboxylic acids is 1. The van der Waals surface area contributed by atoms with Gasteiger partial charge in [0.1, 0.15) is 0 Å². The molecule has 0 spiro atoms. The average molecular weight is 334 g/mol. The van der Waals surface area contributed by atoms with Crippen molar-refractivity contribution in [2.75, 3.05) is 6.79 Å². The molecule has 5 heteroatoms. The molecule has 1 amide bonds. The molecule has 1 unspecified atom stereocenters. The van der Waals surface area contributed by atoms with E-state index in [0.717, 1.165) is 22.2 Å². The van der Waals surface area contributed by atoms with Crippen molar-refractivity contribution in [3.05, 3.63) is 65.4 Å². The molecular formula is C20H18N2O3. The van der Waals surface area contributed by atoms with Crippen LogP contribution in [0.4, 0.5) is 0 Å². The van der Waals surface area contributed by atoms with E-state index in [9.17, 15) is 4.79 Å². The van der Waals surface area contributed by atoms with Gasteiger partial charge in [0.25, 0.3) is 5.91 Å². The average Bonchev–Trinajstić information content (AvgIpc) is 3.08. The largest absolute Gasteiger partial charge is 0.454 e. The smallest absolute Gasteiger partial charge is 0.253 e. The standard InChI is InChI=1S/C20H18N2O3/c1-12(14-7-8-18-19(10-14)25-11-24-18)22-20(23)16-9-15-5-3-4-6-17(15)21-13(16)2/h3-10,12H,11H2,1-2H3,(H,22,23). The van der Waals surface area contributed by atoms with Crippen LogP contribution in [0.1, 0.15) is 34.6 Å². The molecule has 0 bridgehead atoms. The number of aryl methyl sites for hydroxylation is 1. The van der Waals surface area contributed by atoms with Crippen molar-refractivity contribution in [3.63, 3.8) is 0 Å². The van der Waals surface area contributed by atoms with Crippen LogP contribution >= 0.6 is 0 Å². The highest BCUT2D eigenvalue weighted by molar-refractivity contribution is 5.98. The third-order valence-electron chi connectivity index (χ3n) is 4.40. The SMILES string of the molecule is Cc1nc2ccccc2cc1C(=O)NC(C)c1ccc2c(c1)OCO2. The van der Waals surface area contributed by atoms with Crippen LogP contribution in [-0.4, -0.2) is 17.7 Å². The van der Waals surface area contributed by atoms with Crippen LogP contribution < -0.4 is 14.8 Å². The fraction of sp³-hybridized carbons (Fsp3) is 0.200. The van der Waals surface area contributed by atoms with Gasteiger partial charge in [-0.05, 0) is 43.7 Å². The number of aromatic nitrogens is 1. The Balaban J connectivity index is 1.58. The van der Waals surface area contributed by atoms with Crippen molar-refractivity contribution in [1.82, 2.24) is 10.3 Å². The van der Waals surface area contributed by atoms with Gasteiger partial charge in [0.05, 0.1) is 22.8 Å². The number of benzene rings is 2. The monoisotopic (exact) mass is 334 g/mol. The molecule has 0 fully saturated rings. The molecule has 1 aliphatic rings. The highest BCUT2D eigenvalue weighted by atomic mass is 16.7. The predicted octanol–water partition coefficient (Wildman–Crippen LogP) is 3.76. The minimum absolute atomic E-state index is 0.138. The molecule has 2 heterocycles. The van der Waals surface area contributed by atoms with E-state index in [4.69, 9.17) is 9.47 Å².